The van der Waals surface area contributed by atoms with E-state index in [2.05, 4.69) is 19.1 Å². The second-order valence-corrected chi connectivity index (χ2v) is 12.0. The van der Waals surface area contributed by atoms with E-state index in [1.54, 1.807) is 0 Å². The zero-order valence-corrected chi connectivity index (χ0v) is 33.3. The summed E-state index contributed by atoms with van der Waals surface area (Å²) in [6.45, 7) is 13.8. The molecule has 0 fully saturated rings. The third-order valence-electron chi connectivity index (χ3n) is 7.55. The number of alkyl halides is 1. The molecule has 0 amide bonds. The Morgan fingerprint density at radius 1 is 0.333 bits per heavy atom. The highest BCUT2D eigenvalue weighted by Gasteiger charge is 1.99. The number of unbranched alkanes of at least 4 members (excludes halogenated alkanes) is 5. The first-order valence-corrected chi connectivity index (χ1v) is 20.1. The fourth-order valence-corrected chi connectivity index (χ4v) is 4.66. The van der Waals surface area contributed by atoms with E-state index in [0.717, 1.165) is 12.2 Å². The Morgan fingerprint density at radius 3 is 0.926 bits per heavy atom. The van der Waals surface area contributed by atoms with Crippen molar-refractivity contribution in [2.75, 3.05) is 172 Å². The normalized spacial score (nSPS) is 11.5. The van der Waals surface area contributed by atoms with Crippen LogP contribution in [0.2, 0.25) is 0 Å². The molecule has 1 aromatic carbocycles. The van der Waals surface area contributed by atoms with Crippen LogP contribution >= 0.6 is 0 Å². The largest absolute Gasteiger partial charge is 0.491 e. The summed E-state index contributed by atoms with van der Waals surface area (Å²) >= 11 is 0. The molecule has 1 rings (SSSR count). The molecule has 54 heavy (non-hydrogen) atoms. The van der Waals surface area contributed by atoms with Gasteiger partial charge in [0.05, 0.1) is 159 Å². The molecule has 0 bridgehead atoms. The van der Waals surface area contributed by atoms with Gasteiger partial charge >= 0.3 is 0 Å². The molecule has 0 N–H and O–H groups in total. The quantitative estimate of drug-likeness (QED) is 0.0814. The van der Waals surface area contributed by atoms with Gasteiger partial charge in [0.1, 0.15) is 19.0 Å². The summed E-state index contributed by atoms with van der Waals surface area (Å²) in [6, 6.07) is 8.42. The van der Waals surface area contributed by atoms with Crippen LogP contribution < -0.4 is 4.74 Å². The second kappa shape index (κ2) is 44.2. The van der Waals surface area contributed by atoms with Gasteiger partial charge in [0.25, 0.3) is 0 Å². The van der Waals surface area contributed by atoms with Gasteiger partial charge in [-0.1, -0.05) is 51.2 Å². The topological polar surface area (TPSA) is 120 Å². The van der Waals surface area contributed by atoms with E-state index in [4.69, 9.17) is 61.6 Å². The van der Waals surface area contributed by atoms with Crippen molar-refractivity contribution in [1.82, 2.24) is 0 Å². The number of hydrogen-bond donors (Lipinski definition) is 0. The molecule has 318 valence electrons. The Labute approximate surface area is 324 Å². The molecule has 13 nitrogen and oxygen atoms in total. The molecule has 0 aromatic heterocycles. The summed E-state index contributed by atoms with van der Waals surface area (Å²) in [4.78, 5) is 0. The van der Waals surface area contributed by atoms with E-state index in [1.807, 2.05) is 12.1 Å². The maximum atomic E-state index is 11.8. The Kier molecular flexibility index (Phi) is 41.3. The molecule has 0 aliphatic carbocycles. The number of aryl methyl sites for hydroxylation is 1. The van der Waals surface area contributed by atoms with E-state index in [-0.39, 0.29) is 6.61 Å². The van der Waals surface area contributed by atoms with Crippen molar-refractivity contribution in [1.29, 1.82) is 0 Å². The zero-order valence-electron chi connectivity index (χ0n) is 33.3. The molecule has 0 unspecified atom stereocenters. The summed E-state index contributed by atoms with van der Waals surface area (Å²) in [5.74, 6) is 0.882. The fraction of sp³-hybridized carbons (Fsp3) is 0.850. The van der Waals surface area contributed by atoms with Crippen LogP contribution in [0.25, 0.3) is 0 Å². The first-order chi connectivity index (χ1) is 26.9. The third-order valence-corrected chi connectivity index (χ3v) is 7.55. The Morgan fingerprint density at radius 2 is 0.611 bits per heavy atom. The van der Waals surface area contributed by atoms with Gasteiger partial charge in [0.2, 0.25) is 0 Å². The van der Waals surface area contributed by atoms with Gasteiger partial charge in [-0.25, -0.2) is 4.39 Å². The van der Waals surface area contributed by atoms with Crippen LogP contribution in [0.4, 0.5) is 4.39 Å². The highest BCUT2D eigenvalue weighted by molar-refractivity contribution is 5.27. The lowest BCUT2D eigenvalue weighted by Gasteiger charge is -2.09. The smallest absolute Gasteiger partial charge is 0.119 e. The predicted molar refractivity (Wildman–Crippen MR) is 205 cm³/mol. The summed E-state index contributed by atoms with van der Waals surface area (Å²) in [5.41, 5.74) is 1.37. The van der Waals surface area contributed by atoms with Crippen LogP contribution in [0.15, 0.2) is 24.3 Å². The average Bonchev–Trinajstić information content (AvgIpc) is 3.19. The number of hydrogen-bond acceptors (Lipinski definition) is 13. The van der Waals surface area contributed by atoms with Crippen molar-refractivity contribution in [2.45, 2.75) is 51.9 Å². The van der Waals surface area contributed by atoms with Gasteiger partial charge in [-0.15, -0.1) is 0 Å². The molecule has 0 aliphatic rings. The van der Waals surface area contributed by atoms with Crippen LogP contribution in [0, 0.1) is 0 Å². The van der Waals surface area contributed by atoms with Crippen LogP contribution in [0.3, 0.4) is 0 Å². The number of rotatable bonds is 46. The lowest BCUT2D eigenvalue weighted by atomic mass is 10.0. The Balaban J connectivity index is 1.66. The number of ether oxygens (including phenoxy) is 13. The van der Waals surface area contributed by atoms with Crippen molar-refractivity contribution in [3.63, 3.8) is 0 Å². The zero-order chi connectivity index (χ0) is 38.5. The molecule has 0 aliphatic heterocycles. The van der Waals surface area contributed by atoms with Gasteiger partial charge in [-0.05, 0) is 30.5 Å². The minimum Gasteiger partial charge on any atom is -0.491 e. The van der Waals surface area contributed by atoms with E-state index in [0.29, 0.717) is 159 Å². The number of benzene rings is 1. The van der Waals surface area contributed by atoms with Crippen LogP contribution in [0.1, 0.15) is 51.0 Å². The van der Waals surface area contributed by atoms with Crippen molar-refractivity contribution in [2.24, 2.45) is 0 Å². The lowest BCUT2D eigenvalue weighted by molar-refractivity contribution is -0.0286. The first kappa shape index (κ1) is 50.5. The molecule has 0 spiro atoms. The summed E-state index contributed by atoms with van der Waals surface area (Å²) in [7, 11) is 0. The molecule has 1 aromatic rings. The molecule has 0 heterocycles. The Hall–Kier alpha value is -1.53. The van der Waals surface area contributed by atoms with E-state index < -0.39 is 6.67 Å². The van der Waals surface area contributed by atoms with Crippen molar-refractivity contribution >= 4 is 0 Å². The minimum absolute atomic E-state index is 0.112. The summed E-state index contributed by atoms with van der Waals surface area (Å²) < 4.78 is 82.8. The maximum absolute atomic E-state index is 11.8. The van der Waals surface area contributed by atoms with Crippen molar-refractivity contribution in [3.8, 4) is 5.75 Å². The molecule has 0 radical (unpaired) electrons. The first-order valence-electron chi connectivity index (χ1n) is 20.1. The highest BCUT2D eigenvalue weighted by atomic mass is 19.1. The van der Waals surface area contributed by atoms with Crippen molar-refractivity contribution < 1.29 is 66.0 Å². The molecule has 0 atom stereocenters. The molecule has 14 heteroatoms. The average molecular weight is 781 g/mol. The van der Waals surface area contributed by atoms with Gasteiger partial charge in [0, 0.05) is 0 Å². The van der Waals surface area contributed by atoms with Gasteiger partial charge in [-0.3, -0.25) is 0 Å². The summed E-state index contributed by atoms with van der Waals surface area (Å²) in [6.07, 6.45) is 9.07. The standard InChI is InChI=1S/C40H73FO13/c1-2-3-4-5-6-7-8-39-9-11-40(12-10-39)54-38-37-53-36-35-52-34-33-51-32-31-50-30-29-49-28-27-48-26-25-47-24-23-46-22-21-45-20-19-44-18-17-43-16-15-42-14-13-41/h9-12H,2-8,13-38H2,1H3. The van der Waals surface area contributed by atoms with Gasteiger partial charge < -0.3 is 61.6 Å². The monoisotopic (exact) mass is 781 g/mol. The Bertz CT molecular complexity index is 841. The fourth-order valence-electron chi connectivity index (χ4n) is 4.66. The molecular weight excluding hydrogens is 707 g/mol. The highest BCUT2D eigenvalue weighted by Crippen LogP contribution is 2.15. The third kappa shape index (κ3) is 38.7. The van der Waals surface area contributed by atoms with Gasteiger partial charge in [0.15, 0.2) is 0 Å². The number of halogens is 1. The molecular formula is C40H73FO13. The van der Waals surface area contributed by atoms with Crippen LogP contribution in [-0.2, 0) is 63.3 Å². The predicted octanol–water partition coefficient (Wildman–Crippen LogP) is 5.14. The van der Waals surface area contributed by atoms with Gasteiger partial charge in [-0.2, -0.15) is 0 Å². The molecule has 0 saturated heterocycles. The minimum atomic E-state index is -0.476. The SMILES string of the molecule is CCCCCCCCc1ccc(OCCOCCOCCOCCOCCOCCOCCOCCOCCOCCOCCOCCOCCF)cc1. The van der Waals surface area contributed by atoms with Crippen molar-refractivity contribution in [3.05, 3.63) is 29.8 Å². The maximum Gasteiger partial charge on any atom is 0.119 e. The molecule has 0 saturated carbocycles. The van der Waals surface area contributed by atoms with E-state index in [9.17, 15) is 4.39 Å². The van der Waals surface area contributed by atoms with Crippen LogP contribution in [0.5, 0.6) is 5.75 Å². The van der Waals surface area contributed by atoms with E-state index in [1.165, 1.54) is 44.1 Å². The van der Waals surface area contributed by atoms with Crippen LogP contribution in [-0.4, -0.2) is 172 Å². The summed E-state index contributed by atoms with van der Waals surface area (Å²) in [5, 5.41) is 0. The van der Waals surface area contributed by atoms with E-state index >= 15 is 0 Å². The lowest BCUT2D eigenvalue weighted by Crippen LogP contribution is -2.15. The second-order valence-electron chi connectivity index (χ2n) is 12.0.